The van der Waals surface area contributed by atoms with E-state index in [2.05, 4.69) is 5.32 Å². The molecule has 0 bridgehead atoms. The van der Waals surface area contributed by atoms with Crippen LogP contribution in [0.2, 0.25) is 0 Å². The maximum atomic E-state index is 13.3. The highest BCUT2D eigenvalue weighted by molar-refractivity contribution is 6.30. The third-order valence-corrected chi connectivity index (χ3v) is 9.37. The number of benzene rings is 1. The van der Waals surface area contributed by atoms with Crippen molar-refractivity contribution >= 4 is 40.7 Å². The summed E-state index contributed by atoms with van der Waals surface area (Å²) in [5.41, 5.74) is 0.457. The van der Waals surface area contributed by atoms with Gasteiger partial charge in [0.05, 0.1) is 29.6 Å². The van der Waals surface area contributed by atoms with Crippen LogP contribution in [0.15, 0.2) is 46.1 Å². The van der Waals surface area contributed by atoms with Crippen molar-refractivity contribution in [2.45, 2.75) is 86.2 Å². The number of aromatic hydroxyl groups is 1. The predicted octanol–water partition coefficient (Wildman–Crippen LogP) is 4.83. The number of phenols is 1. The van der Waals surface area contributed by atoms with E-state index < -0.39 is 53.8 Å². The van der Waals surface area contributed by atoms with Crippen molar-refractivity contribution in [1.29, 1.82) is 0 Å². The second-order valence-corrected chi connectivity index (χ2v) is 12.8. The molecule has 47 heavy (non-hydrogen) atoms. The molecule has 1 aromatic heterocycles. The number of aliphatic hydroxyl groups is 1. The summed E-state index contributed by atoms with van der Waals surface area (Å²) < 4.78 is 17.5. The van der Waals surface area contributed by atoms with Crippen LogP contribution >= 0.6 is 0 Å². The van der Waals surface area contributed by atoms with Gasteiger partial charge in [-0.05, 0) is 26.8 Å². The predicted molar refractivity (Wildman–Crippen MR) is 173 cm³/mol. The molecule has 11 heteroatoms. The number of allylic oxidation sites excluding steroid dienone is 4. The van der Waals surface area contributed by atoms with E-state index in [1.54, 1.807) is 32.1 Å². The van der Waals surface area contributed by atoms with E-state index in [-0.39, 0.29) is 52.3 Å². The molecule has 11 nitrogen and oxygen atoms in total. The van der Waals surface area contributed by atoms with Crippen LogP contribution in [0.1, 0.15) is 80.0 Å². The molecule has 1 aliphatic heterocycles. The Morgan fingerprint density at radius 1 is 1.11 bits per heavy atom. The fraction of sp³-hybridized carbons (Fsp3) is 0.472. The minimum Gasteiger partial charge on any atom is -0.507 e. The Labute approximate surface area is 273 Å². The Balaban J connectivity index is 1.44. The molecule has 0 radical (unpaired) electrons. The monoisotopic (exact) mass is 649 g/mol. The maximum Gasteiger partial charge on any atom is 0.302 e. The highest BCUT2D eigenvalue weighted by Gasteiger charge is 2.46. The summed E-state index contributed by atoms with van der Waals surface area (Å²) in [4.78, 5) is 62.5. The third kappa shape index (κ3) is 7.01. The molecule has 8 unspecified atom stereocenters. The van der Waals surface area contributed by atoms with Crippen molar-refractivity contribution in [3.63, 3.8) is 0 Å². The molecular weight excluding hydrogens is 606 g/mol. The molecular formula is C36H43NO10. The smallest absolute Gasteiger partial charge is 0.302 e. The Bertz CT molecular complexity index is 1690. The van der Waals surface area contributed by atoms with E-state index >= 15 is 0 Å². The molecule has 2 aromatic rings. The van der Waals surface area contributed by atoms with Crippen molar-refractivity contribution in [2.75, 3.05) is 0 Å². The van der Waals surface area contributed by atoms with E-state index in [1.165, 1.54) is 19.9 Å². The first-order valence-electron chi connectivity index (χ1n) is 15.8. The standard InChI is InChI=1S/C36H43NO10/c1-16(30(41)20(5)34-22(7)33(46-23(8)39)19(4)27(47-34)12-13-38)10-9-11-17(2)36(44)37-25-15-26(40)28-24-14-18(3)45-35(24)21(6)31(42)29(28)32(25)43/h9-11,13-16,19-20,22,27,30,33-34,41-42H,12H2,1-8H3,(H,37,44)/b10-9+,17-11+. The van der Waals surface area contributed by atoms with Gasteiger partial charge in [-0.1, -0.05) is 45.9 Å². The van der Waals surface area contributed by atoms with Gasteiger partial charge in [-0.25, -0.2) is 0 Å². The molecule has 8 atom stereocenters. The molecule has 1 amide bonds. The van der Waals surface area contributed by atoms with Gasteiger partial charge in [-0.2, -0.15) is 0 Å². The molecule has 252 valence electrons. The first-order valence-corrected chi connectivity index (χ1v) is 15.8. The summed E-state index contributed by atoms with van der Waals surface area (Å²) in [5, 5.41) is 24.9. The first kappa shape index (κ1) is 35.5. The second kappa shape index (κ2) is 14.2. The number of hydrogen-bond acceptors (Lipinski definition) is 10. The van der Waals surface area contributed by atoms with Crippen molar-refractivity contribution in [3.05, 3.63) is 64.1 Å². The third-order valence-electron chi connectivity index (χ3n) is 9.37. The van der Waals surface area contributed by atoms with Gasteiger partial charge >= 0.3 is 5.97 Å². The van der Waals surface area contributed by atoms with Crippen molar-refractivity contribution in [1.82, 2.24) is 5.32 Å². The van der Waals surface area contributed by atoms with E-state index in [0.717, 1.165) is 12.4 Å². The first-order chi connectivity index (χ1) is 22.1. The summed E-state index contributed by atoms with van der Waals surface area (Å²) in [6, 6.07) is 1.63. The number of ether oxygens (including phenoxy) is 2. The summed E-state index contributed by atoms with van der Waals surface area (Å²) in [6.07, 6.45) is 4.54. The number of fused-ring (bicyclic) bond motifs is 3. The van der Waals surface area contributed by atoms with Crippen LogP contribution in [0, 0.1) is 37.5 Å². The number of hydrogen-bond donors (Lipinski definition) is 3. The van der Waals surface area contributed by atoms with Gasteiger partial charge in [0, 0.05) is 65.2 Å². The number of aliphatic hydroxyl groups excluding tert-OH is 1. The highest BCUT2D eigenvalue weighted by Crippen LogP contribution is 2.40. The summed E-state index contributed by atoms with van der Waals surface area (Å²) in [6.45, 7) is 13.6. The Kier molecular flexibility index (Phi) is 10.7. The van der Waals surface area contributed by atoms with Crippen molar-refractivity contribution in [2.24, 2.45) is 23.7 Å². The summed E-state index contributed by atoms with van der Waals surface area (Å²) in [5.74, 6) is -3.35. The number of carbonyl (C=O) groups is 5. The number of Topliss-reactive ketones (excluding diaryl/α,β-unsaturated/α-hetero) is 1. The van der Waals surface area contributed by atoms with Crippen LogP contribution in [0.3, 0.4) is 0 Å². The number of esters is 1. The number of furan rings is 1. The molecule has 2 heterocycles. The molecule has 1 aromatic carbocycles. The highest BCUT2D eigenvalue weighted by atomic mass is 16.6. The minimum absolute atomic E-state index is 0.0311. The Morgan fingerprint density at radius 2 is 1.79 bits per heavy atom. The molecule has 0 saturated carbocycles. The SMILES string of the molecule is CC(=O)OC1C(C)C(CC=O)OC(C(C)C(O)C(C)/C=C/C=C(\C)C(=O)NC2=CC(=O)c3c(c(O)c(C)c4oc(C)cc34)C2=O)C1C. The molecule has 3 N–H and O–H groups in total. The lowest BCUT2D eigenvalue weighted by Gasteiger charge is -2.47. The van der Waals surface area contributed by atoms with Crippen LogP contribution in [-0.2, 0) is 23.9 Å². The maximum absolute atomic E-state index is 13.3. The van der Waals surface area contributed by atoms with E-state index in [4.69, 9.17) is 13.9 Å². The summed E-state index contributed by atoms with van der Waals surface area (Å²) in [7, 11) is 0. The fourth-order valence-corrected chi connectivity index (χ4v) is 6.66. The number of aryl methyl sites for hydroxylation is 2. The molecule has 1 fully saturated rings. The molecule has 1 aliphatic carbocycles. The number of ketones is 2. The van der Waals surface area contributed by atoms with Gasteiger partial charge < -0.3 is 34.2 Å². The van der Waals surface area contributed by atoms with E-state index in [1.807, 2.05) is 27.7 Å². The van der Waals surface area contributed by atoms with Gasteiger partial charge in [0.1, 0.15) is 29.5 Å². The Hall–Kier alpha value is -4.35. The van der Waals surface area contributed by atoms with Gasteiger partial charge in [-0.15, -0.1) is 0 Å². The lowest BCUT2D eigenvalue weighted by atomic mass is 9.75. The van der Waals surface area contributed by atoms with Crippen LogP contribution in [-0.4, -0.2) is 64.4 Å². The van der Waals surface area contributed by atoms with Crippen molar-refractivity contribution in [3.8, 4) is 5.75 Å². The Morgan fingerprint density at radius 3 is 2.43 bits per heavy atom. The van der Waals surface area contributed by atoms with Crippen LogP contribution < -0.4 is 5.32 Å². The lowest BCUT2D eigenvalue weighted by molar-refractivity contribution is -0.206. The number of rotatable bonds is 10. The van der Waals surface area contributed by atoms with Gasteiger partial charge in [0.25, 0.3) is 5.91 Å². The minimum atomic E-state index is -0.873. The number of amides is 1. The molecule has 0 spiro atoms. The number of aldehydes is 1. The largest absolute Gasteiger partial charge is 0.507 e. The van der Waals surface area contributed by atoms with Crippen LogP contribution in [0.4, 0.5) is 0 Å². The van der Waals surface area contributed by atoms with Crippen LogP contribution in [0.5, 0.6) is 5.75 Å². The lowest BCUT2D eigenvalue weighted by Crippen LogP contribution is -2.54. The zero-order chi connectivity index (χ0) is 34.9. The number of carbonyl (C=O) groups excluding carboxylic acids is 5. The van der Waals surface area contributed by atoms with Crippen molar-refractivity contribution < 1.29 is 48.1 Å². The van der Waals surface area contributed by atoms with Gasteiger partial charge in [0.2, 0.25) is 5.78 Å². The van der Waals surface area contributed by atoms with Gasteiger partial charge in [0.15, 0.2) is 5.78 Å². The number of nitrogens with one attached hydrogen (secondary N) is 1. The topological polar surface area (TPSA) is 169 Å². The van der Waals surface area contributed by atoms with E-state index in [0.29, 0.717) is 22.3 Å². The quantitative estimate of drug-likeness (QED) is 0.140. The molecule has 4 rings (SSSR count). The molecule has 2 aliphatic rings. The van der Waals surface area contributed by atoms with Crippen LogP contribution in [0.25, 0.3) is 11.0 Å². The van der Waals surface area contributed by atoms with Gasteiger partial charge in [-0.3, -0.25) is 19.2 Å². The average molecular weight is 650 g/mol. The zero-order valence-electron chi connectivity index (χ0n) is 28.0. The second-order valence-electron chi connectivity index (χ2n) is 12.8. The normalized spacial score (nSPS) is 25.3. The molecule has 1 saturated heterocycles. The average Bonchev–Trinajstić information content (AvgIpc) is 3.41. The van der Waals surface area contributed by atoms with E-state index in [9.17, 15) is 34.2 Å². The fourth-order valence-electron chi connectivity index (χ4n) is 6.66. The number of phenolic OH excluding ortho intramolecular Hbond substituents is 1. The zero-order valence-corrected chi connectivity index (χ0v) is 28.0. The summed E-state index contributed by atoms with van der Waals surface area (Å²) >= 11 is 0.